The Hall–Kier alpha value is -1.32. The Labute approximate surface area is 90.4 Å². The molecular formula is C11H19NO3. The van der Waals surface area contributed by atoms with Gasteiger partial charge in [0.25, 0.3) is 0 Å². The summed E-state index contributed by atoms with van der Waals surface area (Å²) in [4.78, 5) is 22.4. The lowest BCUT2D eigenvalue weighted by Crippen LogP contribution is -2.45. The van der Waals surface area contributed by atoms with Crippen molar-refractivity contribution in [2.24, 2.45) is 5.41 Å². The Bertz CT molecular complexity index is 263. The zero-order valence-electron chi connectivity index (χ0n) is 9.70. The van der Waals surface area contributed by atoms with Crippen LogP contribution in [0.4, 0.5) is 0 Å². The van der Waals surface area contributed by atoms with Crippen LogP contribution in [0.3, 0.4) is 0 Å². The van der Waals surface area contributed by atoms with Crippen molar-refractivity contribution >= 4 is 11.9 Å². The molecule has 0 heterocycles. The van der Waals surface area contributed by atoms with E-state index < -0.39 is 17.4 Å². The van der Waals surface area contributed by atoms with Crippen LogP contribution in [-0.4, -0.2) is 23.0 Å². The third-order valence-electron chi connectivity index (χ3n) is 1.89. The number of rotatable bonds is 4. The summed E-state index contributed by atoms with van der Waals surface area (Å²) in [5.74, 6) is -1.26. The summed E-state index contributed by atoms with van der Waals surface area (Å²) in [6, 6.07) is -0.840. The van der Waals surface area contributed by atoms with Crippen LogP contribution >= 0.6 is 0 Å². The van der Waals surface area contributed by atoms with Gasteiger partial charge < -0.3 is 10.4 Å². The van der Waals surface area contributed by atoms with Crippen LogP contribution < -0.4 is 5.32 Å². The largest absolute Gasteiger partial charge is 0.480 e. The number of hydrogen-bond acceptors (Lipinski definition) is 2. The van der Waals surface area contributed by atoms with E-state index in [4.69, 9.17) is 5.11 Å². The molecule has 0 aliphatic heterocycles. The number of carbonyl (C=O) groups is 2. The molecule has 0 rings (SSSR count). The third-order valence-corrected chi connectivity index (χ3v) is 1.89. The van der Waals surface area contributed by atoms with E-state index in [2.05, 4.69) is 5.32 Å². The maximum atomic E-state index is 11.5. The standard InChI is InChI=1S/C11H19NO3/c1-5-6-7-8(9(13)14)12-10(15)11(2,3)4/h5-6,8H,7H2,1-4H3,(H,12,15)(H,13,14)/b6-5+. The van der Waals surface area contributed by atoms with E-state index in [1.54, 1.807) is 32.9 Å². The van der Waals surface area contributed by atoms with Crippen molar-refractivity contribution in [3.05, 3.63) is 12.2 Å². The highest BCUT2D eigenvalue weighted by Crippen LogP contribution is 2.13. The van der Waals surface area contributed by atoms with Crippen LogP contribution in [0.2, 0.25) is 0 Å². The quantitative estimate of drug-likeness (QED) is 0.696. The summed E-state index contributed by atoms with van der Waals surface area (Å²) < 4.78 is 0. The number of nitrogens with one attached hydrogen (secondary N) is 1. The molecule has 4 nitrogen and oxygen atoms in total. The highest BCUT2D eigenvalue weighted by atomic mass is 16.4. The fourth-order valence-corrected chi connectivity index (χ4v) is 0.868. The minimum Gasteiger partial charge on any atom is -0.480 e. The van der Waals surface area contributed by atoms with Crippen LogP contribution in [0, 0.1) is 5.41 Å². The lowest BCUT2D eigenvalue weighted by Gasteiger charge is -2.21. The van der Waals surface area contributed by atoms with Gasteiger partial charge in [0.05, 0.1) is 0 Å². The number of aliphatic carboxylic acids is 1. The van der Waals surface area contributed by atoms with Gasteiger partial charge in [0, 0.05) is 5.41 Å². The normalized spacial score (nSPS) is 13.9. The molecule has 15 heavy (non-hydrogen) atoms. The molecule has 0 spiro atoms. The van der Waals surface area contributed by atoms with E-state index >= 15 is 0 Å². The molecule has 1 amide bonds. The summed E-state index contributed by atoms with van der Waals surface area (Å²) >= 11 is 0. The smallest absolute Gasteiger partial charge is 0.326 e. The monoisotopic (exact) mass is 213 g/mol. The Balaban J connectivity index is 4.42. The first-order chi connectivity index (χ1) is 6.79. The number of hydrogen-bond donors (Lipinski definition) is 2. The molecule has 1 unspecified atom stereocenters. The second-order valence-electron chi connectivity index (χ2n) is 4.42. The van der Waals surface area contributed by atoms with Gasteiger partial charge in [0.2, 0.25) is 5.91 Å². The van der Waals surface area contributed by atoms with Crippen molar-refractivity contribution in [2.45, 2.75) is 40.2 Å². The van der Waals surface area contributed by atoms with Gasteiger partial charge in [0.15, 0.2) is 0 Å². The molecule has 0 saturated heterocycles. The average Bonchev–Trinajstić information content (AvgIpc) is 2.09. The maximum absolute atomic E-state index is 11.5. The minimum absolute atomic E-state index is 0.251. The Morgan fingerprint density at radius 2 is 1.93 bits per heavy atom. The van der Waals surface area contributed by atoms with E-state index in [1.165, 1.54) is 0 Å². The second-order valence-corrected chi connectivity index (χ2v) is 4.42. The highest BCUT2D eigenvalue weighted by molar-refractivity contribution is 5.86. The fraction of sp³-hybridized carbons (Fsp3) is 0.636. The Morgan fingerprint density at radius 1 is 1.40 bits per heavy atom. The number of carboxylic acid groups (broad SMARTS) is 1. The molecule has 0 saturated carbocycles. The number of allylic oxidation sites excluding steroid dienone is 1. The summed E-state index contributed by atoms with van der Waals surface area (Å²) in [5, 5.41) is 11.4. The Kier molecular flexibility index (Phi) is 5.05. The number of carboxylic acids is 1. The predicted octanol–water partition coefficient (Wildman–Crippen LogP) is 1.57. The molecular weight excluding hydrogens is 194 g/mol. The lowest BCUT2D eigenvalue weighted by atomic mass is 9.95. The van der Waals surface area contributed by atoms with Crippen LogP contribution in [0.5, 0.6) is 0 Å². The van der Waals surface area contributed by atoms with E-state index in [9.17, 15) is 9.59 Å². The molecule has 0 aliphatic carbocycles. The van der Waals surface area contributed by atoms with Crippen LogP contribution in [-0.2, 0) is 9.59 Å². The zero-order valence-corrected chi connectivity index (χ0v) is 9.70. The first-order valence-electron chi connectivity index (χ1n) is 4.94. The molecule has 0 bridgehead atoms. The molecule has 86 valence electrons. The van der Waals surface area contributed by atoms with Crippen molar-refractivity contribution in [1.29, 1.82) is 0 Å². The first-order valence-corrected chi connectivity index (χ1v) is 4.94. The third kappa shape index (κ3) is 5.20. The second kappa shape index (κ2) is 5.53. The molecule has 0 aromatic heterocycles. The SMILES string of the molecule is C/C=C/CC(NC(=O)C(C)(C)C)C(=O)O. The van der Waals surface area contributed by atoms with Crippen molar-refractivity contribution in [2.75, 3.05) is 0 Å². The van der Waals surface area contributed by atoms with E-state index in [-0.39, 0.29) is 5.91 Å². The Morgan fingerprint density at radius 3 is 2.27 bits per heavy atom. The van der Waals surface area contributed by atoms with Gasteiger partial charge in [-0.25, -0.2) is 4.79 Å². The molecule has 0 aliphatic rings. The van der Waals surface area contributed by atoms with Crippen molar-refractivity contribution in [3.63, 3.8) is 0 Å². The molecule has 0 aromatic carbocycles. The van der Waals surface area contributed by atoms with Gasteiger partial charge in [-0.2, -0.15) is 0 Å². The predicted molar refractivity (Wildman–Crippen MR) is 58.5 cm³/mol. The van der Waals surface area contributed by atoms with Crippen molar-refractivity contribution in [1.82, 2.24) is 5.32 Å². The molecule has 4 heteroatoms. The van der Waals surface area contributed by atoms with Gasteiger partial charge in [-0.3, -0.25) is 4.79 Å². The summed E-state index contributed by atoms with van der Waals surface area (Å²) in [7, 11) is 0. The van der Waals surface area contributed by atoms with Gasteiger partial charge in [-0.1, -0.05) is 32.9 Å². The fourth-order valence-electron chi connectivity index (χ4n) is 0.868. The van der Waals surface area contributed by atoms with Crippen LogP contribution in [0.15, 0.2) is 12.2 Å². The van der Waals surface area contributed by atoms with Crippen LogP contribution in [0.25, 0.3) is 0 Å². The molecule has 2 N–H and O–H groups in total. The summed E-state index contributed by atoms with van der Waals surface area (Å²) in [6.07, 6.45) is 3.80. The number of carbonyl (C=O) groups excluding carboxylic acids is 1. The van der Waals surface area contributed by atoms with E-state index in [0.29, 0.717) is 6.42 Å². The molecule has 0 fully saturated rings. The van der Waals surface area contributed by atoms with Crippen LogP contribution in [0.1, 0.15) is 34.1 Å². The number of amides is 1. The van der Waals surface area contributed by atoms with Crippen molar-refractivity contribution in [3.8, 4) is 0 Å². The minimum atomic E-state index is -1.01. The van der Waals surface area contributed by atoms with Gasteiger partial charge in [-0.15, -0.1) is 0 Å². The van der Waals surface area contributed by atoms with Gasteiger partial charge in [0.1, 0.15) is 6.04 Å². The molecule has 1 atom stereocenters. The van der Waals surface area contributed by atoms with E-state index in [0.717, 1.165) is 0 Å². The molecule has 0 aromatic rings. The molecule has 0 radical (unpaired) electrons. The first kappa shape index (κ1) is 13.7. The maximum Gasteiger partial charge on any atom is 0.326 e. The van der Waals surface area contributed by atoms with E-state index in [1.807, 2.05) is 6.92 Å². The zero-order chi connectivity index (χ0) is 12.1. The summed E-state index contributed by atoms with van der Waals surface area (Å²) in [6.45, 7) is 7.05. The van der Waals surface area contributed by atoms with Crippen molar-refractivity contribution < 1.29 is 14.7 Å². The highest BCUT2D eigenvalue weighted by Gasteiger charge is 2.26. The topological polar surface area (TPSA) is 66.4 Å². The van der Waals surface area contributed by atoms with Gasteiger partial charge in [-0.05, 0) is 13.3 Å². The average molecular weight is 213 g/mol. The van der Waals surface area contributed by atoms with Gasteiger partial charge >= 0.3 is 5.97 Å². The summed E-state index contributed by atoms with van der Waals surface area (Å²) in [5.41, 5.74) is -0.566. The lowest BCUT2D eigenvalue weighted by molar-refractivity contribution is -0.143.